The topological polar surface area (TPSA) is 66.4 Å². The summed E-state index contributed by atoms with van der Waals surface area (Å²) in [6, 6.07) is 13.4. The van der Waals surface area contributed by atoms with Crippen molar-refractivity contribution in [2.75, 3.05) is 19.6 Å². The summed E-state index contributed by atoms with van der Waals surface area (Å²) in [7, 11) is 0. The number of nitrogens with zero attached hydrogens (tertiary/aromatic N) is 4. The molecule has 2 amide bonds. The van der Waals surface area contributed by atoms with Gasteiger partial charge in [0.05, 0.1) is 24.7 Å². The second kappa shape index (κ2) is 9.02. The Hall–Kier alpha value is -2.74. The molecule has 1 aromatic carbocycles. The highest BCUT2D eigenvalue weighted by Crippen LogP contribution is 2.42. The van der Waals surface area contributed by atoms with E-state index in [4.69, 9.17) is 16.6 Å². The van der Waals surface area contributed by atoms with E-state index in [0.717, 1.165) is 33.0 Å². The van der Waals surface area contributed by atoms with Crippen LogP contribution in [0.5, 0.6) is 0 Å². The standard InChI is InChI=1S/C24H21ClN4O2S/c25-18-3-4-19-20(13-18)32-15-17-2-1-7-27-23(17)24(19)28-10-11-29(22(31)14-28)21(30)12-16-5-8-26-9-6-16/h1-9,13,24H,10-12,14-15H2. The number of benzene rings is 1. The van der Waals surface area contributed by atoms with Crippen molar-refractivity contribution in [1.82, 2.24) is 19.8 Å². The third-order valence-corrected chi connectivity index (χ3v) is 7.21. The van der Waals surface area contributed by atoms with E-state index < -0.39 is 0 Å². The summed E-state index contributed by atoms with van der Waals surface area (Å²) in [5, 5.41) is 0.691. The molecule has 0 spiro atoms. The average Bonchev–Trinajstić information content (AvgIpc) is 2.96. The van der Waals surface area contributed by atoms with Gasteiger partial charge in [0.25, 0.3) is 0 Å². The molecule has 2 aliphatic heterocycles. The minimum Gasteiger partial charge on any atom is -0.280 e. The quantitative estimate of drug-likeness (QED) is 0.588. The van der Waals surface area contributed by atoms with Gasteiger partial charge in [-0.05, 0) is 47.0 Å². The predicted molar refractivity (Wildman–Crippen MR) is 123 cm³/mol. The third kappa shape index (κ3) is 4.16. The zero-order chi connectivity index (χ0) is 22.1. The van der Waals surface area contributed by atoms with E-state index in [0.29, 0.717) is 18.1 Å². The summed E-state index contributed by atoms with van der Waals surface area (Å²) in [4.78, 5) is 39.1. The van der Waals surface area contributed by atoms with Crippen molar-refractivity contribution in [2.45, 2.75) is 23.1 Å². The Morgan fingerprint density at radius 1 is 1.12 bits per heavy atom. The molecule has 0 N–H and O–H groups in total. The maximum Gasteiger partial charge on any atom is 0.243 e. The van der Waals surface area contributed by atoms with Crippen LogP contribution in [0.15, 0.2) is 66.0 Å². The Balaban J connectivity index is 1.41. The molecule has 8 heteroatoms. The lowest BCUT2D eigenvalue weighted by atomic mass is 9.97. The summed E-state index contributed by atoms with van der Waals surface area (Å²) in [6.45, 7) is 1.11. The average molecular weight is 465 g/mol. The Labute approximate surface area is 195 Å². The number of rotatable bonds is 3. The predicted octanol–water partition coefficient (Wildman–Crippen LogP) is 3.74. The zero-order valence-corrected chi connectivity index (χ0v) is 18.9. The van der Waals surface area contributed by atoms with Crippen LogP contribution in [0.25, 0.3) is 0 Å². The number of carbonyl (C=O) groups excluding carboxylic acids is 2. The molecule has 6 nitrogen and oxygen atoms in total. The number of thioether (sulfide) groups is 1. The summed E-state index contributed by atoms with van der Waals surface area (Å²) in [5.74, 6) is 0.439. The second-order valence-electron chi connectivity index (χ2n) is 7.86. The lowest BCUT2D eigenvalue weighted by Gasteiger charge is -2.38. The van der Waals surface area contributed by atoms with Crippen molar-refractivity contribution in [2.24, 2.45) is 0 Å². The lowest BCUT2D eigenvalue weighted by molar-refractivity contribution is -0.148. The number of amides is 2. The van der Waals surface area contributed by atoms with Crippen LogP contribution in [0.1, 0.15) is 28.4 Å². The molecule has 2 aliphatic rings. The van der Waals surface area contributed by atoms with Gasteiger partial charge in [-0.25, -0.2) is 0 Å². The molecule has 3 aromatic rings. The molecule has 0 saturated carbocycles. The minimum absolute atomic E-state index is 0.158. The summed E-state index contributed by atoms with van der Waals surface area (Å²) >= 11 is 8.01. The monoisotopic (exact) mass is 464 g/mol. The Kier molecular flexibility index (Phi) is 5.95. The maximum absolute atomic E-state index is 13.0. The molecule has 4 heterocycles. The Bertz CT molecular complexity index is 1170. The van der Waals surface area contributed by atoms with Gasteiger partial charge in [0, 0.05) is 47.4 Å². The summed E-state index contributed by atoms with van der Waals surface area (Å²) < 4.78 is 0. The lowest BCUT2D eigenvalue weighted by Crippen LogP contribution is -2.54. The van der Waals surface area contributed by atoms with Gasteiger partial charge in [-0.2, -0.15) is 0 Å². The van der Waals surface area contributed by atoms with Gasteiger partial charge in [-0.3, -0.25) is 29.4 Å². The molecule has 0 radical (unpaired) electrons. The number of imide groups is 1. The smallest absolute Gasteiger partial charge is 0.243 e. The summed E-state index contributed by atoms with van der Waals surface area (Å²) in [6.07, 6.45) is 5.30. The van der Waals surface area contributed by atoms with Crippen LogP contribution in [0.2, 0.25) is 5.02 Å². The molecule has 1 unspecified atom stereocenters. The number of aromatic nitrogens is 2. The molecular formula is C24H21ClN4O2S. The molecular weight excluding hydrogens is 444 g/mol. The van der Waals surface area contributed by atoms with Crippen LogP contribution in [0, 0.1) is 0 Å². The molecule has 1 atom stereocenters. The normalized spacial score (nSPS) is 18.6. The van der Waals surface area contributed by atoms with Gasteiger partial charge >= 0.3 is 0 Å². The van der Waals surface area contributed by atoms with Gasteiger partial charge in [-0.1, -0.05) is 23.7 Å². The molecule has 32 heavy (non-hydrogen) atoms. The van der Waals surface area contributed by atoms with Crippen molar-refractivity contribution in [3.63, 3.8) is 0 Å². The Morgan fingerprint density at radius 2 is 1.97 bits per heavy atom. The van der Waals surface area contributed by atoms with Crippen LogP contribution in [-0.2, 0) is 21.8 Å². The van der Waals surface area contributed by atoms with E-state index in [2.05, 4.69) is 16.0 Å². The molecule has 2 aromatic heterocycles. The second-order valence-corrected chi connectivity index (χ2v) is 9.32. The zero-order valence-electron chi connectivity index (χ0n) is 17.3. The number of hydrogen-bond donors (Lipinski definition) is 0. The number of fused-ring (bicyclic) bond motifs is 2. The van der Waals surface area contributed by atoms with E-state index in [1.165, 1.54) is 4.90 Å². The van der Waals surface area contributed by atoms with Crippen LogP contribution < -0.4 is 0 Å². The first-order chi connectivity index (χ1) is 15.6. The molecule has 1 saturated heterocycles. The van der Waals surface area contributed by atoms with E-state index in [-0.39, 0.29) is 30.8 Å². The highest BCUT2D eigenvalue weighted by molar-refractivity contribution is 7.98. The fraction of sp³-hybridized carbons (Fsp3) is 0.250. The molecule has 0 bridgehead atoms. The number of carbonyl (C=O) groups is 2. The van der Waals surface area contributed by atoms with Crippen molar-refractivity contribution in [3.8, 4) is 0 Å². The Morgan fingerprint density at radius 3 is 2.78 bits per heavy atom. The molecule has 162 valence electrons. The van der Waals surface area contributed by atoms with Gasteiger partial charge in [0.1, 0.15) is 0 Å². The SMILES string of the molecule is O=C(Cc1ccncc1)N1CCN(C2c3ccc(Cl)cc3SCc3cccnc32)CC1=O. The first-order valence-electron chi connectivity index (χ1n) is 10.4. The van der Waals surface area contributed by atoms with Crippen molar-refractivity contribution >= 4 is 35.2 Å². The van der Waals surface area contributed by atoms with Crippen molar-refractivity contribution < 1.29 is 9.59 Å². The van der Waals surface area contributed by atoms with Crippen molar-refractivity contribution in [1.29, 1.82) is 0 Å². The van der Waals surface area contributed by atoms with Crippen LogP contribution in [0.4, 0.5) is 0 Å². The highest BCUT2D eigenvalue weighted by Gasteiger charge is 2.36. The first-order valence-corrected chi connectivity index (χ1v) is 11.8. The molecule has 5 rings (SSSR count). The maximum atomic E-state index is 13.0. The van der Waals surface area contributed by atoms with Crippen molar-refractivity contribution in [3.05, 3.63) is 88.5 Å². The van der Waals surface area contributed by atoms with Gasteiger partial charge in [0.15, 0.2) is 0 Å². The molecule has 0 aliphatic carbocycles. The van der Waals surface area contributed by atoms with Crippen LogP contribution in [0.3, 0.4) is 0 Å². The van der Waals surface area contributed by atoms with Crippen LogP contribution in [-0.4, -0.2) is 51.2 Å². The van der Waals surface area contributed by atoms with Crippen LogP contribution >= 0.6 is 23.4 Å². The fourth-order valence-electron chi connectivity index (χ4n) is 4.30. The largest absolute Gasteiger partial charge is 0.280 e. The minimum atomic E-state index is -0.180. The number of hydrogen-bond acceptors (Lipinski definition) is 6. The van der Waals surface area contributed by atoms with E-state index >= 15 is 0 Å². The molecule has 1 fully saturated rings. The van der Waals surface area contributed by atoms with E-state index in [1.807, 2.05) is 24.3 Å². The number of pyridine rings is 2. The van der Waals surface area contributed by atoms with Gasteiger partial charge < -0.3 is 0 Å². The first kappa shape index (κ1) is 21.1. The third-order valence-electron chi connectivity index (χ3n) is 5.86. The van der Waals surface area contributed by atoms with Gasteiger partial charge in [-0.15, -0.1) is 11.8 Å². The highest BCUT2D eigenvalue weighted by atomic mass is 35.5. The number of piperazine rings is 1. The fourth-order valence-corrected chi connectivity index (χ4v) is 5.65. The van der Waals surface area contributed by atoms with Gasteiger partial charge in [0.2, 0.25) is 11.8 Å². The number of halogens is 1. The van der Waals surface area contributed by atoms with E-state index in [1.54, 1.807) is 42.5 Å². The summed E-state index contributed by atoms with van der Waals surface area (Å²) in [5.41, 5.74) is 4.06. The van der Waals surface area contributed by atoms with E-state index in [9.17, 15) is 9.59 Å².